The Labute approximate surface area is 112 Å². The fourth-order valence-corrected chi connectivity index (χ4v) is 3.39. The van der Waals surface area contributed by atoms with Gasteiger partial charge in [0.15, 0.2) is 4.67 Å². The SMILES string of the molecule is CC(CO)N(C)S(=O)(=O)c1cc(C(=O)O)oc1Br. The molecule has 18 heavy (non-hydrogen) atoms. The van der Waals surface area contributed by atoms with Crippen LogP contribution in [0.3, 0.4) is 0 Å². The van der Waals surface area contributed by atoms with Gasteiger partial charge in [-0.2, -0.15) is 4.31 Å². The van der Waals surface area contributed by atoms with Crippen LogP contribution in [0.2, 0.25) is 0 Å². The van der Waals surface area contributed by atoms with Gasteiger partial charge in [0.1, 0.15) is 4.90 Å². The van der Waals surface area contributed by atoms with Crippen molar-refractivity contribution in [1.82, 2.24) is 4.31 Å². The lowest BCUT2D eigenvalue weighted by Gasteiger charge is -2.21. The van der Waals surface area contributed by atoms with E-state index in [0.717, 1.165) is 10.4 Å². The molecular formula is C9H12BrNO6S. The molecule has 9 heteroatoms. The van der Waals surface area contributed by atoms with Gasteiger partial charge in [0, 0.05) is 19.2 Å². The highest BCUT2D eigenvalue weighted by atomic mass is 79.9. The number of sulfonamides is 1. The number of aliphatic hydroxyl groups is 1. The molecule has 1 heterocycles. The van der Waals surface area contributed by atoms with Gasteiger partial charge in [0.2, 0.25) is 15.8 Å². The van der Waals surface area contributed by atoms with Crippen molar-refractivity contribution in [1.29, 1.82) is 0 Å². The van der Waals surface area contributed by atoms with E-state index in [0.29, 0.717) is 0 Å². The molecule has 102 valence electrons. The number of carboxylic acid groups (broad SMARTS) is 1. The summed E-state index contributed by atoms with van der Waals surface area (Å²) in [4.78, 5) is 10.4. The zero-order chi connectivity index (χ0) is 14.1. The number of hydrogen-bond donors (Lipinski definition) is 2. The predicted octanol–water partition coefficient (Wildman–Crippen LogP) is 0.742. The van der Waals surface area contributed by atoms with E-state index in [1.807, 2.05) is 0 Å². The van der Waals surface area contributed by atoms with Gasteiger partial charge in [-0.3, -0.25) is 0 Å². The van der Waals surface area contributed by atoms with Crippen LogP contribution in [0.25, 0.3) is 0 Å². The standard InChI is InChI=1S/C9H12BrNO6S/c1-5(4-12)11(2)18(15,16)7-3-6(9(13)14)17-8(7)10/h3,5,12H,4H2,1-2H3,(H,13,14). The molecule has 7 nitrogen and oxygen atoms in total. The molecule has 0 bridgehead atoms. The third kappa shape index (κ3) is 2.74. The van der Waals surface area contributed by atoms with E-state index >= 15 is 0 Å². The van der Waals surface area contributed by atoms with E-state index in [1.165, 1.54) is 14.0 Å². The van der Waals surface area contributed by atoms with Crippen LogP contribution < -0.4 is 0 Å². The highest BCUT2D eigenvalue weighted by Crippen LogP contribution is 2.28. The Morgan fingerprint density at radius 2 is 2.17 bits per heavy atom. The third-order valence-electron chi connectivity index (χ3n) is 2.41. The van der Waals surface area contributed by atoms with Crippen LogP contribution in [0.15, 0.2) is 20.0 Å². The lowest BCUT2D eigenvalue weighted by Crippen LogP contribution is -2.37. The molecule has 1 unspecified atom stereocenters. The van der Waals surface area contributed by atoms with E-state index in [1.54, 1.807) is 0 Å². The quantitative estimate of drug-likeness (QED) is 0.817. The van der Waals surface area contributed by atoms with Crippen molar-refractivity contribution >= 4 is 31.9 Å². The third-order valence-corrected chi connectivity index (χ3v) is 5.24. The molecule has 0 radical (unpaired) electrons. The summed E-state index contributed by atoms with van der Waals surface area (Å²) in [5, 5.41) is 17.7. The summed E-state index contributed by atoms with van der Waals surface area (Å²) in [5.41, 5.74) is 0. The predicted molar refractivity (Wildman–Crippen MR) is 64.9 cm³/mol. The minimum atomic E-state index is -3.92. The zero-order valence-corrected chi connectivity index (χ0v) is 12.0. The first-order chi connectivity index (χ1) is 8.21. The van der Waals surface area contributed by atoms with Crippen molar-refractivity contribution in [2.24, 2.45) is 0 Å². The van der Waals surface area contributed by atoms with E-state index in [2.05, 4.69) is 15.9 Å². The maximum atomic E-state index is 12.1. The monoisotopic (exact) mass is 341 g/mol. The molecule has 0 amide bonds. The molecule has 1 atom stereocenters. The second-order valence-corrected chi connectivity index (χ2v) is 6.29. The molecule has 0 aliphatic rings. The molecule has 0 aromatic carbocycles. The van der Waals surface area contributed by atoms with Crippen LogP contribution in [0.4, 0.5) is 0 Å². The molecule has 1 aromatic heterocycles. The molecule has 0 fully saturated rings. The van der Waals surface area contributed by atoms with Crippen molar-refractivity contribution in [3.63, 3.8) is 0 Å². The average Bonchev–Trinajstić information content (AvgIpc) is 2.70. The topological polar surface area (TPSA) is 108 Å². The van der Waals surface area contributed by atoms with E-state index in [4.69, 9.17) is 14.6 Å². The van der Waals surface area contributed by atoms with E-state index < -0.39 is 27.8 Å². The van der Waals surface area contributed by atoms with Gasteiger partial charge in [-0.1, -0.05) is 0 Å². The smallest absolute Gasteiger partial charge is 0.371 e. The molecule has 0 saturated carbocycles. The number of carbonyl (C=O) groups is 1. The summed E-state index contributed by atoms with van der Waals surface area (Å²) < 4.78 is 29.8. The lowest BCUT2D eigenvalue weighted by atomic mass is 10.4. The number of nitrogens with zero attached hydrogens (tertiary/aromatic N) is 1. The minimum Gasteiger partial charge on any atom is -0.475 e. The minimum absolute atomic E-state index is 0.183. The number of likely N-dealkylation sites (N-methyl/N-ethyl adjacent to an activating group) is 1. The summed E-state index contributed by atoms with van der Waals surface area (Å²) in [5.74, 6) is -1.85. The van der Waals surface area contributed by atoms with E-state index in [-0.39, 0.29) is 16.2 Å². The maximum absolute atomic E-state index is 12.1. The Morgan fingerprint density at radius 1 is 1.61 bits per heavy atom. The van der Waals surface area contributed by atoms with Crippen molar-refractivity contribution in [2.75, 3.05) is 13.7 Å². The van der Waals surface area contributed by atoms with Crippen molar-refractivity contribution in [3.8, 4) is 0 Å². The fourth-order valence-electron chi connectivity index (χ4n) is 1.14. The number of furan rings is 1. The maximum Gasteiger partial charge on any atom is 0.371 e. The van der Waals surface area contributed by atoms with Gasteiger partial charge >= 0.3 is 5.97 Å². The van der Waals surface area contributed by atoms with Gasteiger partial charge in [0.05, 0.1) is 6.61 Å². The number of hydrogen-bond acceptors (Lipinski definition) is 5. The summed E-state index contributed by atoms with van der Waals surface area (Å²) in [6, 6.07) is 0.285. The van der Waals surface area contributed by atoms with E-state index in [9.17, 15) is 13.2 Å². The zero-order valence-electron chi connectivity index (χ0n) is 9.62. The van der Waals surface area contributed by atoms with Gasteiger partial charge < -0.3 is 14.6 Å². The number of aliphatic hydroxyl groups excluding tert-OH is 1. The second-order valence-electron chi connectivity index (χ2n) is 3.61. The number of halogens is 1. The summed E-state index contributed by atoms with van der Waals surface area (Å²) >= 11 is 2.86. The Hall–Kier alpha value is -0.900. The first-order valence-electron chi connectivity index (χ1n) is 4.83. The highest BCUT2D eigenvalue weighted by molar-refractivity contribution is 9.10. The molecule has 1 aromatic rings. The number of aromatic carboxylic acids is 1. The normalized spacial score (nSPS) is 13.8. The van der Waals surface area contributed by atoms with Crippen molar-refractivity contribution in [3.05, 3.63) is 16.5 Å². The summed E-state index contributed by atoms with van der Waals surface area (Å²) in [6.45, 7) is 1.17. The van der Waals surface area contributed by atoms with Crippen LogP contribution in [-0.4, -0.2) is 48.6 Å². The molecule has 0 aliphatic carbocycles. The van der Waals surface area contributed by atoms with Gasteiger partial charge in [-0.05, 0) is 22.9 Å². The first kappa shape index (κ1) is 15.2. The Balaban J connectivity index is 3.24. The van der Waals surface area contributed by atoms with Gasteiger partial charge in [0.25, 0.3) is 0 Å². The average molecular weight is 342 g/mol. The highest BCUT2D eigenvalue weighted by Gasteiger charge is 2.30. The molecule has 0 spiro atoms. The lowest BCUT2D eigenvalue weighted by molar-refractivity contribution is 0.0661. The number of carboxylic acids is 1. The Bertz CT molecular complexity index is 551. The summed E-state index contributed by atoms with van der Waals surface area (Å²) in [6.07, 6.45) is 0. The summed E-state index contributed by atoms with van der Waals surface area (Å²) in [7, 11) is -2.64. The van der Waals surface area contributed by atoms with Crippen LogP contribution in [-0.2, 0) is 10.0 Å². The molecule has 2 N–H and O–H groups in total. The molecular weight excluding hydrogens is 330 g/mol. The van der Waals surface area contributed by atoms with Gasteiger partial charge in [-0.15, -0.1) is 0 Å². The van der Waals surface area contributed by atoms with Gasteiger partial charge in [-0.25, -0.2) is 13.2 Å². The van der Waals surface area contributed by atoms with Crippen LogP contribution >= 0.6 is 15.9 Å². The van der Waals surface area contributed by atoms with Crippen LogP contribution in [0.1, 0.15) is 17.5 Å². The second kappa shape index (κ2) is 5.39. The molecule has 0 saturated heterocycles. The van der Waals surface area contributed by atoms with Crippen molar-refractivity contribution < 1.29 is 27.8 Å². The first-order valence-corrected chi connectivity index (χ1v) is 7.06. The Morgan fingerprint density at radius 3 is 2.56 bits per heavy atom. The Kier molecular flexibility index (Phi) is 4.54. The largest absolute Gasteiger partial charge is 0.475 e. The van der Waals surface area contributed by atoms with Crippen LogP contribution in [0.5, 0.6) is 0 Å². The molecule has 1 rings (SSSR count). The number of rotatable bonds is 5. The molecule has 0 aliphatic heterocycles. The van der Waals surface area contributed by atoms with Crippen LogP contribution in [0, 0.1) is 0 Å². The fraction of sp³-hybridized carbons (Fsp3) is 0.444. The van der Waals surface area contributed by atoms with Crippen molar-refractivity contribution in [2.45, 2.75) is 17.9 Å².